The number of likely N-dealkylation sites (N-methyl/N-ethyl adjacent to an activating group) is 2. The van der Waals surface area contributed by atoms with Crippen LogP contribution in [-0.4, -0.2) is 32.1 Å². The zero-order valence-corrected chi connectivity index (χ0v) is 11.5. The molecule has 3 nitrogen and oxygen atoms in total. The van der Waals surface area contributed by atoms with Crippen LogP contribution in [0.1, 0.15) is 11.1 Å². The van der Waals surface area contributed by atoms with Crippen LogP contribution in [0.15, 0.2) is 36.4 Å². The molecule has 2 rings (SSSR count). The SMILES string of the molecule is CNCCN(C)Cc1c(C#N)ccc2ccccc12. The Kier molecular flexibility index (Phi) is 4.51. The van der Waals surface area contributed by atoms with Gasteiger partial charge in [-0.2, -0.15) is 5.26 Å². The molecule has 0 saturated carbocycles. The Morgan fingerprint density at radius 3 is 2.74 bits per heavy atom. The van der Waals surface area contributed by atoms with Crippen molar-refractivity contribution >= 4 is 10.8 Å². The van der Waals surface area contributed by atoms with Gasteiger partial charge in [0.05, 0.1) is 11.6 Å². The molecule has 2 aromatic rings. The normalized spacial score (nSPS) is 10.8. The summed E-state index contributed by atoms with van der Waals surface area (Å²) in [5.41, 5.74) is 1.90. The van der Waals surface area contributed by atoms with Crippen molar-refractivity contribution in [3.05, 3.63) is 47.5 Å². The minimum atomic E-state index is 0.773. The van der Waals surface area contributed by atoms with Crippen molar-refractivity contribution < 1.29 is 0 Å². The van der Waals surface area contributed by atoms with Gasteiger partial charge in [-0.15, -0.1) is 0 Å². The maximum Gasteiger partial charge on any atom is 0.0995 e. The molecular weight excluding hydrogens is 234 g/mol. The lowest BCUT2D eigenvalue weighted by Crippen LogP contribution is -2.27. The maximum atomic E-state index is 9.29. The fourth-order valence-electron chi connectivity index (χ4n) is 2.26. The zero-order valence-electron chi connectivity index (χ0n) is 11.5. The Labute approximate surface area is 114 Å². The first kappa shape index (κ1) is 13.5. The first-order chi connectivity index (χ1) is 9.26. The van der Waals surface area contributed by atoms with Crippen LogP contribution in [0.5, 0.6) is 0 Å². The topological polar surface area (TPSA) is 39.1 Å². The van der Waals surface area contributed by atoms with E-state index in [1.807, 2.05) is 31.3 Å². The predicted octanol–water partition coefficient (Wildman–Crippen LogP) is 2.36. The van der Waals surface area contributed by atoms with Gasteiger partial charge in [0.1, 0.15) is 0 Å². The molecule has 2 aromatic carbocycles. The summed E-state index contributed by atoms with van der Waals surface area (Å²) < 4.78 is 0. The highest BCUT2D eigenvalue weighted by Gasteiger charge is 2.09. The van der Waals surface area contributed by atoms with E-state index in [1.54, 1.807) is 0 Å². The van der Waals surface area contributed by atoms with Gasteiger partial charge in [-0.05, 0) is 36.5 Å². The fourth-order valence-corrected chi connectivity index (χ4v) is 2.26. The van der Waals surface area contributed by atoms with Crippen LogP contribution in [0.3, 0.4) is 0 Å². The largest absolute Gasteiger partial charge is 0.318 e. The molecule has 0 aliphatic rings. The Morgan fingerprint density at radius 1 is 1.21 bits per heavy atom. The monoisotopic (exact) mass is 253 g/mol. The summed E-state index contributed by atoms with van der Waals surface area (Å²) in [4.78, 5) is 2.24. The van der Waals surface area contributed by atoms with E-state index in [1.165, 1.54) is 10.8 Å². The Balaban J connectivity index is 2.37. The summed E-state index contributed by atoms with van der Waals surface area (Å²) in [5, 5.41) is 14.8. The summed E-state index contributed by atoms with van der Waals surface area (Å²) in [6.07, 6.45) is 0. The molecular formula is C16H19N3. The number of fused-ring (bicyclic) bond motifs is 1. The van der Waals surface area contributed by atoms with Crippen LogP contribution in [0.4, 0.5) is 0 Å². The smallest absolute Gasteiger partial charge is 0.0995 e. The van der Waals surface area contributed by atoms with Crippen molar-refractivity contribution in [2.24, 2.45) is 0 Å². The van der Waals surface area contributed by atoms with E-state index in [4.69, 9.17) is 0 Å². The van der Waals surface area contributed by atoms with Crippen molar-refractivity contribution in [1.29, 1.82) is 5.26 Å². The van der Waals surface area contributed by atoms with Crippen molar-refractivity contribution in [2.45, 2.75) is 6.54 Å². The number of nitrogens with one attached hydrogen (secondary N) is 1. The van der Waals surface area contributed by atoms with E-state index in [2.05, 4.69) is 35.5 Å². The van der Waals surface area contributed by atoms with E-state index in [0.717, 1.165) is 30.8 Å². The summed E-state index contributed by atoms with van der Waals surface area (Å²) >= 11 is 0. The quantitative estimate of drug-likeness (QED) is 0.889. The van der Waals surface area contributed by atoms with Gasteiger partial charge in [0.15, 0.2) is 0 Å². The van der Waals surface area contributed by atoms with Crippen LogP contribution in [0.25, 0.3) is 10.8 Å². The lowest BCUT2D eigenvalue weighted by molar-refractivity contribution is 0.329. The maximum absolute atomic E-state index is 9.29. The van der Waals surface area contributed by atoms with Gasteiger partial charge in [-0.3, -0.25) is 0 Å². The van der Waals surface area contributed by atoms with Gasteiger partial charge in [0, 0.05) is 19.6 Å². The summed E-state index contributed by atoms with van der Waals surface area (Å²) in [5.74, 6) is 0. The number of hydrogen-bond donors (Lipinski definition) is 1. The predicted molar refractivity (Wildman–Crippen MR) is 78.9 cm³/mol. The Morgan fingerprint density at radius 2 is 2.00 bits per heavy atom. The highest BCUT2D eigenvalue weighted by Crippen LogP contribution is 2.23. The van der Waals surface area contributed by atoms with E-state index in [-0.39, 0.29) is 0 Å². The van der Waals surface area contributed by atoms with Crippen molar-refractivity contribution in [3.8, 4) is 6.07 Å². The molecule has 98 valence electrons. The molecule has 0 saturated heterocycles. The third-order valence-corrected chi connectivity index (χ3v) is 3.33. The number of nitriles is 1. The summed E-state index contributed by atoms with van der Waals surface area (Å²) in [6, 6.07) is 14.5. The standard InChI is InChI=1S/C16H19N3/c1-18-9-10-19(2)12-16-14(11-17)8-7-13-5-3-4-6-15(13)16/h3-8,18H,9-10,12H2,1-2H3. The average Bonchev–Trinajstić information content (AvgIpc) is 2.45. The summed E-state index contributed by atoms with van der Waals surface area (Å²) in [7, 11) is 4.03. The molecule has 0 aromatic heterocycles. The van der Waals surface area contributed by atoms with Gasteiger partial charge in [-0.1, -0.05) is 30.3 Å². The van der Waals surface area contributed by atoms with Crippen LogP contribution in [-0.2, 0) is 6.54 Å². The van der Waals surface area contributed by atoms with Crippen molar-refractivity contribution in [2.75, 3.05) is 27.2 Å². The van der Waals surface area contributed by atoms with Crippen LogP contribution < -0.4 is 5.32 Å². The molecule has 0 amide bonds. The number of hydrogen-bond acceptors (Lipinski definition) is 3. The first-order valence-corrected chi connectivity index (χ1v) is 6.50. The van der Waals surface area contributed by atoms with Gasteiger partial charge in [0.2, 0.25) is 0 Å². The van der Waals surface area contributed by atoms with Crippen molar-refractivity contribution in [1.82, 2.24) is 10.2 Å². The molecule has 19 heavy (non-hydrogen) atoms. The first-order valence-electron chi connectivity index (χ1n) is 6.50. The second kappa shape index (κ2) is 6.33. The third kappa shape index (κ3) is 3.11. The van der Waals surface area contributed by atoms with E-state index >= 15 is 0 Å². The molecule has 0 bridgehead atoms. The van der Waals surface area contributed by atoms with Gasteiger partial charge < -0.3 is 10.2 Å². The molecule has 1 N–H and O–H groups in total. The summed E-state index contributed by atoms with van der Waals surface area (Å²) in [6.45, 7) is 2.71. The molecule has 0 atom stereocenters. The minimum absolute atomic E-state index is 0.773. The van der Waals surface area contributed by atoms with Gasteiger partial charge >= 0.3 is 0 Å². The molecule has 0 aliphatic carbocycles. The molecule has 0 heterocycles. The zero-order chi connectivity index (χ0) is 13.7. The Bertz CT molecular complexity index is 598. The van der Waals surface area contributed by atoms with Gasteiger partial charge in [0.25, 0.3) is 0 Å². The molecule has 0 unspecified atom stereocenters. The second-order valence-electron chi connectivity index (χ2n) is 4.77. The highest BCUT2D eigenvalue weighted by molar-refractivity contribution is 5.87. The van der Waals surface area contributed by atoms with Crippen LogP contribution >= 0.6 is 0 Å². The fraction of sp³-hybridized carbons (Fsp3) is 0.312. The lowest BCUT2D eigenvalue weighted by Gasteiger charge is -2.18. The molecule has 0 spiro atoms. The van der Waals surface area contributed by atoms with E-state index < -0.39 is 0 Å². The number of rotatable bonds is 5. The minimum Gasteiger partial charge on any atom is -0.318 e. The Hall–Kier alpha value is -1.89. The molecule has 0 radical (unpaired) electrons. The molecule has 3 heteroatoms. The highest BCUT2D eigenvalue weighted by atomic mass is 15.1. The van der Waals surface area contributed by atoms with E-state index in [9.17, 15) is 5.26 Å². The van der Waals surface area contributed by atoms with Crippen LogP contribution in [0, 0.1) is 11.3 Å². The van der Waals surface area contributed by atoms with Gasteiger partial charge in [-0.25, -0.2) is 0 Å². The molecule has 0 fully saturated rings. The average molecular weight is 253 g/mol. The molecule has 0 aliphatic heterocycles. The van der Waals surface area contributed by atoms with E-state index in [0.29, 0.717) is 0 Å². The van der Waals surface area contributed by atoms with Crippen molar-refractivity contribution in [3.63, 3.8) is 0 Å². The number of benzene rings is 2. The van der Waals surface area contributed by atoms with Crippen LogP contribution in [0.2, 0.25) is 0 Å². The number of nitrogens with zero attached hydrogens (tertiary/aromatic N) is 2. The second-order valence-corrected chi connectivity index (χ2v) is 4.77. The third-order valence-electron chi connectivity index (χ3n) is 3.33. The lowest BCUT2D eigenvalue weighted by atomic mass is 9.99.